The molecule has 1 atom stereocenters. The standard InChI is InChI=1S/C17H25N5/c1-21-17-15(10-19-21)16(6-8-18-17)20-14-7-9-22(12-14)11-13-4-2-3-5-13/h6,8,10,13-14H,2-5,7,9,11-12H2,1H3,(H,18,20). The van der Waals surface area contributed by atoms with E-state index in [4.69, 9.17) is 0 Å². The van der Waals surface area contributed by atoms with Crippen LogP contribution in [0, 0.1) is 5.92 Å². The summed E-state index contributed by atoms with van der Waals surface area (Å²) in [5.41, 5.74) is 2.12. The van der Waals surface area contributed by atoms with E-state index in [2.05, 4.69) is 26.4 Å². The van der Waals surface area contributed by atoms with Gasteiger partial charge in [-0.1, -0.05) is 12.8 Å². The van der Waals surface area contributed by atoms with Crippen LogP contribution in [0.3, 0.4) is 0 Å². The maximum absolute atomic E-state index is 4.41. The summed E-state index contributed by atoms with van der Waals surface area (Å²) in [6, 6.07) is 2.62. The van der Waals surface area contributed by atoms with Crippen molar-refractivity contribution in [1.29, 1.82) is 0 Å². The molecule has 1 saturated heterocycles. The maximum Gasteiger partial charge on any atom is 0.159 e. The Morgan fingerprint density at radius 1 is 1.27 bits per heavy atom. The van der Waals surface area contributed by atoms with E-state index in [1.807, 2.05) is 24.1 Å². The minimum Gasteiger partial charge on any atom is -0.380 e. The first-order chi connectivity index (χ1) is 10.8. The van der Waals surface area contributed by atoms with Crippen molar-refractivity contribution in [1.82, 2.24) is 19.7 Å². The third-order valence-corrected chi connectivity index (χ3v) is 5.26. The molecule has 4 rings (SSSR count). The molecule has 2 aliphatic rings. The lowest BCUT2D eigenvalue weighted by Crippen LogP contribution is -2.29. The molecule has 0 bridgehead atoms. The molecule has 1 aliphatic heterocycles. The van der Waals surface area contributed by atoms with E-state index in [9.17, 15) is 0 Å². The number of aromatic nitrogens is 3. The van der Waals surface area contributed by atoms with Crippen LogP contribution in [0.5, 0.6) is 0 Å². The monoisotopic (exact) mass is 299 g/mol. The number of nitrogens with zero attached hydrogens (tertiary/aromatic N) is 4. The number of anilines is 1. The molecular formula is C17H25N5. The van der Waals surface area contributed by atoms with Crippen LogP contribution < -0.4 is 5.32 Å². The number of hydrogen-bond donors (Lipinski definition) is 1. The average molecular weight is 299 g/mol. The number of nitrogens with one attached hydrogen (secondary N) is 1. The van der Waals surface area contributed by atoms with Crippen molar-refractivity contribution in [2.24, 2.45) is 13.0 Å². The van der Waals surface area contributed by atoms with Crippen molar-refractivity contribution in [3.05, 3.63) is 18.5 Å². The molecule has 2 aromatic rings. The smallest absolute Gasteiger partial charge is 0.159 e. The molecule has 2 fully saturated rings. The van der Waals surface area contributed by atoms with E-state index in [-0.39, 0.29) is 0 Å². The third kappa shape index (κ3) is 2.70. The maximum atomic E-state index is 4.41. The molecule has 1 unspecified atom stereocenters. The SMILES string of the molecule is Cn1ncc2c(NC3CCN(CC4CCCC4)C3)ccnc21. The fraction of sp³-hybridized carbons (Fsp3) is 0.647. The van der Waals surface area contributed by atoms with Gasteiger partial charge in [-0.15, -0.1) is 0 Å². The summed E-state index contributed by atoms with van der Waals surface area (Å²) < 4.78 is 1.83. The van der Waals surface area contributed by atoms with Crippen LogP contribution in [0.2, 0.25) is 0 Å². The first-order valence-corrected chi connectivity index (χ1v) is 8.55. The van der Waals surface area contributed by atoms with Gasteiger partial charge in [-0.05, 0) is 31.2 Å². The van der Waals surface area contributed by atoms with E-state index in [0.29, 0.717) is 6.04 Å². The van der Waals surface area contributed by atoms with Gasteiger partial charge in [0.2, 0.25) is 0 Å². The van der Waals surface area contributed by atoms with E-state index in [1.54, 1.807) is 0 Å². The van der Waals surface area contributed by atoms with Crippen molar-refractivity contribution in [3.63, 3.8) is 0 Å². The van der Waals surface area contributed by atoms with Crippen LogP contribution in [0.25, 0.3) is 11.0 Å². The summed E-state index contributed by atoms with van der Waals surface area (Å²) in [6.07, 6.45) is 10.8. The predicted molar refractivity (Wildman–Crippen MR) is 88.9 cm³/mol. The summed E-state index contributed by atoms with van der Waals surface area (Å²) >= 11 is 0. The van der Waals surface area contributed by atoms with Crippen molar-refractivity contribution in [2.45, 2.75) is 38.1 Å². The largest absolute Gasteiger partial charge is 0.380 e. The van der Waals surface area contributed by atoms with E-state index < -0.39 is 0 Å². The minimum absolute atomic E-state index is 0.548. The van der Waals surface area contributed by atoms with Crippen LogP contribution in [-0.4, -0.2) is 45.3 Å². The lowest BCUT2D eigenvalue weighted by molar-refractivity contribution is 0.278. The number of fused-ring (bicyclic) bond motifs is 1. The topological polar surface area (TPSA) is 46.0 Å². The van der Waals surface area contributed by atoms with Crippen LogP contribution in [0.4, 0.5) is 5.69 Å². The Hall–Kier alpha value is -1.62. The van der Waals surface area contributed by atoms with E-state index in [1.165, 1.54) is 57.4 Å². The van der Waals surface area contributed by atoms with Crippen LogP contribution in [0.1, 0.15) is 32.1 Å². The first kappa shape index (κ1) is 14.0. The predicted octanol–water partition coefficient (Wildman–Crippen LogP) is 2.64. The van der Waals surface area contributed by atoms with Gasteiger partial charge >= 0.3 is 0 Å². The van der Waals surface area contributed by atoms with Crippen LogP contribution in [-0.2, 0) is 7.05 Å². The lowest BCUT2D eigenvalue weighted by Gasteiger charge is -2.20. The minimum atomic E-state index is 0.548. The van der Waals surface area contributed by atoms with Crippen molar-refractivity contribution >= 4 is 16.7 Å². The fourth-order valence-electron chi connectivity index (χ4n) is 4.07. The Balaban J connectivity index is 1.41. The van der Waals surface area contributed by atoms with Gasteiger partial charge < -0.3 is 10.2 Å². The highest BCUT2D eigenvalue weighted by atomic mass is 15.3. The van der Waals surface area contributed by atoms with Crippen molar-refractivity contribution < 1.29 is 0 Å². The second kappa shape index (κ2) is 5.88. The highest BCUT2D eigenvalue weighted by Crippen LogP contribution is 2.28. The molecule has 1 N–H and O–H groups in total. The number of hydrogen-bond acceptors (Lipinski definition) is 4. The van der Waals surface area contributed by atoms with Gasteiger partial charge in [0.25, 0.3) is 0 Å². The highest BCUT2D eigenvalue weighted by Gasteiger charge is 2.26. The molecule has 2 aromatic heterocycles. The summed E-state index contributed by atoms with van der Waals surface area (Å²) in [6.45, 7) is 3.70. The summed E-state index contributed by atoms with van der Waals surface area (Å²) in [5, 5.41) is 9.16. The van der Waals surface area contributed by atoms with Gasteiger partial charge in [0.1, 0.15) is 0 Å². The van der Waals surface area contributed by atoms with Gasteiger partial charge in [-0.2, -0.15) is 5.10 Å². The third-order valence-electron chi connectivity index (χ3n) is 5.26. The quantitative estimate of drug-likeness (QED) is 0.943. The molecule has 1 saturated carbocycles. The van der Waals surface area contributed by atoms with Crippen molar-refractivity contribution in [3.8, 4) is 0 Å². The zero-order valence-corrected chi connectivity index (χ0v) is 13.3. The zero-order valence-electron chi connectivity index (χ0n) is 13.3. The van der Waals surface area contributed by atoms with Gasteiger partial charge in [-0.3, -0.25) is 4.68 Å². The molecule has 0 amide bonds. The fourth-order valence-corrected chi connectivity index (χ4v) is 4.07. The van der Waals surface area contributed by atoms with Crippen LogP contribution >= 0.6 is 0 Å². The summed E-state index contributed by atoms with van der Waals surface area (Å²) in [4.78, 5) is 7.06. The molecule has 0 aromatic carbocycles. The van der Waals surface area contributed by atoms with Gasteiger partial charge in [0.15, 0.2) is 5.65 Å². The zero-order chi connectivity index (χ0) is 14.9. The first-order valence-electron chi connectivity index (χ1n) is 8.55. The number of aryl methyl sites for hydroxylation is 1. The normalized spacial score (nSPS) is 23.6. The van der Waals surface area contributed by atoms with Gasteiger partial charge in [0, 0.05) is 44.6 Å². The van der Waals surface area contributed by atoms with E-state index >= 15 is 0 Å². The Morgan fingerprint density at radius 2 is 2.14 bits per heavy atom. The second-order valence-corrected chi connectivity index (χ2v) is 6.90. The van der Waals surface area contributed by atoms with E-state index in [0.717, 1.165) is 17.0 Å². The Morgan fingerprint density at radius 3 is 3.00 bits per heavy atom. The molecule has 0 spiro atoms. The Labute approximate surface area is 131 Å². The molecule has 5 heteroatoms. The summed E-state index contributed by atoms with van der Waals surface area (Å²) in [7, 11) is 1.94. The Kier molecular flexibility index (Phi) is 3.74. The molecule has 1 aliphatic carbocycles. The number of pyridine rings is 1. The molecule has 3 heterocycles. The van der Waals surface area contributed by atoms with Crippen molar-refractivity contribution in [2.75, 3.05) is 25.0 Å². The van der Waals surface area contributed by atoms with Gasteiger partial charge in [0.05, 0.1) is 11.6 Å². The number of likely N-dealkylation sites (tertiary alicyclic amines) is 1. The molecule has 0 radical (unpaired) electrons. The van der Waals surface area contributed by atoms with Gasteiger partial charge in [-0.25, -0.2) is 4.98 Å². The molecule has 118 valence electrons. The highest BCUT2D eigenvalue weighted by molar-refractivity contribution is 5.88. The molecule has 22 heavy (non-hydrogen) atoms. The Bertz CT molecular complexity index is 644. The second-order valence-electron chi connectivity index (χ2n) is 6.90. The lowest BCUT2D eigenvalue weighted by atomic mass is 10.1. The average Bonchev–Trinajstić information content (AvgIpc) is 3.24. The van der Waals surface area contributed by atoms with Crippen LogP contribution in [0.15, 0.2) is 18.5 Å². The molecular weight excluding hydrogens is 274 g/mol. The summed E-state index contributed by atoms with van der Waals surface area (Å²) in [5.74, 6) is 0.949. The number of rotatable bonds is 4. The molecule has 5 nitrogen and oxygen atoms in total.